The van der Waals surface area contributed by atoms with E-state index in [0.29, 0.717) is 0 Å². The Morgan fingerprint density at radius 3 is 2.50 bits per heavy atom. The normalized spacial score (nSPS) is 20.0. The standard InChI is InChI=1S/C30H38N2O2/c1-22-26(18-20-31-19-10-9-15-28(31)23-11-5-3-6-12-23)27-21-25(34-2)16-17-29(27)32(22)30(33)24-13-7-4-8-14-24/h4,7-8,13-14,16-17,21,23,28H,3,5-6,9-12,15,18-20H2,1-2H3. The van der Waals surface area contributed by atoms with Crippen LogP contribution < -0.4 is 4.74 Å². The zero-order valence-electron chi connectivity index (χ0n) is 20.8. The summed E-state index contributed by atoms with van der Waals surface area (Å²) in [6.45, 7) is 4.39. The topological polar surface area (TPSA) is 34.5 Å². The van der Waals surface area contributed by atoms with Gasteiger partial charge in [-0.05, 0) is 87.4 Å². The lowest BCUT2D eigenvalue weighted by Gasteiger charge is -2.42. The van der Waals surface area contributed by atoms with Gasteiger partial charge in [0.25, 0.3) is 5.91 Å². The van der Waals surface area contributed by atoms with Crippen LogP contribution in [0.4, 0.5) is 0 Å². The van der Waals surface area contributed by atoms with Gasteiger partial charge in [-0.25, -0.2) is 0 Å². The smallest absolute Gasteiger partial charge is 0.262 e. The number of carbonyl (C=O) groups excluding carboxylic acids is 1. The Balaban J connectivity index is 1.46. The van der Waals surface area contributed by atoms with Gasteiger partial charge < -0.3 is 4.74 Å². The number of likely N-dealkylation sites (tertiary alicyclic amines) is 1. The van der Waals surface area contributed by atoms with Gasteiger partial charge in [0.2, 0.25) is 0 Å². The van der Waals surface area contributed by atoms with Crippen molar-refractivity contribution in [2.75, 3.05) is 20.2 Å². The Hall–Kier alpha value is -2.59. The van der Waals surface area contributed by atoms with Gasteiger partial charge in [-0.3, -0.25) is 14.3 Å². The van der Waals surface area contributed by atoms with Crippen molar-refractivity contribution < 1.29 is 9.53 Å². The van der Waals surface area contributed by atoms with E-state index in [1.807, 2.05) is 47.0 Å². The van der Waals surface area contributed by atoms with Crippen molar-refractivity contribution in [1.29, 1.82) is 0 Å². The summed E-state index contributed by atoms with van der Waals surface area (Å²) in [5.41, 5.74) is 4.04. The van der Waals surface area contributed by atoms with Gasteiger partial charge in [-0.2, -0.15) is 0 Å². The number of hydrogen-bond donors (Lipinski definition) is 0. The number of methoxy groups -OCH3 is 1. The Morgan fingerprint density at radius 2 is 1.74 bits per heavy atom. The summed E-state index contributed by atoms with van der Waals surface area (Å²) in [4.78, 5) is 16.3. The van der Waals surface area contributed by atoms with Gasteiger partial charge >= 0.3 is 0 Å². The van der Waals surface area contributed by atoms with Crippen LogP contribution in [0.15, 0.2) is 48.5 Å². The van der Waals surface area contributed by atoms with Crippen LogP contribution >= 0.6 is 0 Å². The highest BCUT2D eigenvalue weighted by Gasteiger charge is 2.31. The monoisotopic (exact) mass is 458 g/mol. The summed E-state index contributed by atoms with van der Waals surface area (Å²) in [6, 6.07) is 16.5. The molecule has 1 unspecified atom stereocenters. The molecule has 1 atom stereocenters. The van der Waals surface area contributed by atoms with Crippen LogP contribution in [0.3, 0.4) is 0 Å². The molecular weight excluding hydrogens is 420 g/mol. The largest absolute Gasteiger partial charge is 0.497 e. The SMILES string of the molecule is COc1ccc2c(c1)c(CCN1CCCCC1C1CCCCC1)c(C)n2C(=O)c1ccccc1. The lowest BCUT2D eigenvalue weighted by atomic mass is 9.80. The molecule has 4 nitrogen and oxygen atoms in total. The van der Waals surface area contributed by atoms with Gasteiger partial charge in [0.1, 0.15) is 5.75 Å². The fraction of sp³-hybridized carbons (Fsp3) is 0.500. The minimum Gasteiger partial charge on any atom is -0.497 e. The molecular formula is C30H38N2O2. The third-order valence-electron chi connectivity index (χ3n) is 8.27. The predicted octanol–water partition coefficient (Wildman–Crippen LogP) is 6.62. The van der Waals surface area contributed by atoms with Crippen LogP contribution in [-0.4, -0.2) is 41.6 Å². The molecule has 1 aromatic heterocycles. The number of rotatable bonds is 6. The first-order valence-corrected chi connectivity index (χ1v) is 13.2. The zero-order chi connectivity index (χ0) is 23.5. The maximum Gasteiger partial charge on any atom is 0.262 e. The average molecular weight is 459 g/mol. The minimum atomic E-state index is 0.0394. The summed E-state index contributed by atoms with van der Waals surface area (Å²) in [6.07, 6.45) is 12.0. The van der Waals surface area contributed by atoms with Crippen LogP contribution in [-0.2, 0) is 6.42 Å². The molecule has 1 aliphatic carbocycles. The second kappa shape index (κ2) is 10.4. The van der Waals surface area contributed by atoms with Crippen LogP contribution in [0.1, 0.15) is 73.0 Å². The lowest BCUT2D eigenvalue weighted by molar-refractivity contribution is 0.0824. The Bertz CT molecular complexity index is 1130. The van der Waals surface area contributed by atoms with E-state index in [2.05, 4.69) is 17.9 Å². The highest BCUT2D eigenvalue weighted by molar-refractivity contribution is 6.04. The molecule has 2 heterocycles. The second-order valence-corrected chi connectivity index (χ2v) is 10.2. The minimum absolute atomic E-state index is 0.0394. The van der Waals surface area contributed by atoms with E-state index in [0.717, 1.165) is 52.8 Å². The number of aromatic nitrogens is 1. The Labute approximate surface area is 203 Å². The van der Waals surface area contributed by atoms with Crippen molar-refractivity contribution in [2.45, 2.75) is 70.8 Å². The summed E-state index contributed by atoms with van der Waals surface area (Å²) < 4.78 is 7.47. The zero-order valence-corrected chi connectivity index (χ0v) is 20.8. The Morgan fingerprint density at radius 1 is 0.971 bits per heavy atom. The molecule has 2 aromatic carbocycles. The van der Waals surface area contributed by atoms with E-state index in [4.69, 9.17) is 4.74 Å². The number of ether oxygens (including phenoxy) is 1. The number of piperidine rings is 1. The van der Waals surface area contributed by atoms with Crippen molar-refractivity contribution in [2.24, 2.45) is 5.92 Å². The van der Waals surface area contributed by atoms with Crippen LogP contribution in [0.2, 0.25) is 0 Å². The van der Waals surface area contributed by atoms with E-state index >= 15 is 0 Å². The van der Waals surface area contributed by atoms with Crippen molar-refractivity contribution >= 4 is 16.8 Å². The third-order valence-corrected chi connectivity index (χ3v) is 8.27. The highest BCUT2D eigenvalue weighted by Crippen LogP contribution is 2.35. The summed E-state index contributed by atoms with van der Waals surface area (Å²) in [7, 11) is 1.71. The lowest BCUT2D eigenvalue weighted by Crippen LogP contribution is -2.45. The molecule has 1 aliphatic heterocycles. The number of hydrogen-bond acceptors (Lipinski definition) is 3. The van der Waals surface area contributed by atoms with Crippen molar-refractivity contribution in [1.82, 2.24) is 9.47 Å². The molecule has 2 fully saturated rings. The van der Waals surface area contributed by atoms with E-state index in [1.165, 1.54) is 63.5 Å². The third kappa shape index (κ3) is 4.53. The summed E-state index contributed by atoms with van der Waals surface area (Å²) in [5, 5.41) is 1.15. The van der Waals surface area contributed by atoms with E-state index in [9.17, 15) is 4.79 Å². The van der Waals surface area contributed by atoms with E-state index in [-0.39, 0.29) is 5.91 Å². The number of benzene rings is 2. The molecule has 180 valence electrons. The quantitative estimate of drug-likeness (QED) is 0.416. The molecule has 0 amide bonds. The van der Waals surface area contributed by atoms with Crippen molar-refractivity contribution in [3.63, 3.8) is 0 Å². The first-order valence-electron chi connectivity index (χ1n) is 13.2. The van der Waals surface area contributed by atoms with Crippen molar-refractivity contribution in [3.05, 3.63) is 65.4 Å². The van der Waals surface area contributed by atoms with Crippen LogP contribution in [0.25, 0.3) is 10.9 Å². The predicted molar refractivity (Wildman–Crippen MR) is 139 cm³/mol. The maximum absolute atomic E-state index is 13.5. The fourth-order valence-electron chi connectivity index (χ4n) is 6.48. The van der Waals surface area contributed by atoms with Crippen molar-refractivity contribution in [3.8, 4) is 5.75 Å². The van der Waals surface area contributed by atoms with Crippen LogP contribution in [0.5, 0.6) is 5.75 Å². The first kappa shape index (κ1) is 23.2. The highest BCUT2D eigenvalue weighted by atomic mass is 16.5. The molecule has 0 spiro atoms. The number of carbonyl (C=O) groups is 1. The molecule has 2 aliphatic rings. The van der Waals surface area contributed by atoms with E-state index < -0.39 is 0 Å². The molecule has 0 bridgehead atoms. The van der Waals surface area contributed by atoms with Gasteiger partial charge in [0, 0.05) is 29.2 Å². The second-order valence-electron chi connectivity index (χ2n) is 10.2. The molecule has 4 heteroatoms. The summed E-state index contributed by atoms with van der Waals surface area (Å²) >= 11 is 0. The molecule has 5 rings (SSSR count). The number of fused-ring (bicyclic) bond motifs is 1. The number of nitrogens with zero attached hydrogens (tertiary/aromatic N) is 2. The first-order chi connectivity index (χ1) is 16.7. The average Bonchev–Trinajstić information content (AvgIpc) is 3.18. The van der Waals surface area contributed by atoms with Gasteiger partial charge in [0.15, 0.2) is 0 Å². The van der Waals surface area contributed by atoms with Crippen LogP contribution in [0, 0.1) is 12.8 Å². The summed E-state index contributed by atoms with van der Waals surface area (Å²) in [5.74, 6) is 1.75. The maximum atomic E-state index is 13.5. The van der Waals surface area contributed by atoms with Gasteiger partial charge in [-0.15, -0.1) is 0 Å². The Kier molecular flexibility index (Phi) is 7.05. The molecule has 1 saturated carbocycles. The molecule has 3 aromatic rings. The van der Waals surface area contributed by atoms with E-state index in [1.54, 1.807) is 7.11 Å². The van der Waals surface area contributed by atoms with Gasteiger partial charge in [-0.1, -0.05) is 43.9 Å². The fourth-order valence-corrected chi connectivity index (χ4v) is 6.48. The molecule has 0 N–H and O–H groups in total. The molecule has 0 radical (unpaired) electrons. The van der Waals surface area contributed by atoms with Gasteiger partial charge in [0.05, 0.1) is 12.6 Å². The molecule has 1 saturated heterocycles. The molecule has 34 heavy (non-hydrogen) atoms.